The minimum atomic E-state index is -0.414. The molecule has 0 aromatic heterocycles. The Morgan fingerprint density at radius 2 is 2.20 bits per heavy atom. The van der Waals surface area contributed by atoms with Gasteiger partial charge >= 0.3 is 0 Å². The van der Waals surface area contributed by atoms with E-state index in [1.54, 1.807) is 19.2 Å². The van der Waals surface area contributed by atoms with Crippen molar-refractivity contribution in [3.8, 4) is 0 Å². The van der Waals surface area contributed by atoms with Gasteiger partial charge in [0.05, 0.1) is 11.3 Å². The number of halogens is 1. The van der Waals surface area contributed by atoms with Crippen molar-refractivity contribution in [3.05, 3.63) is 29.6 Å². The van der Waals surface area contributed by atoms with E-state index in [1.165, 1.54) is 18.9 Å². The highest BCUT2D eigenvalue weighted by Crippen LogP contribution is 2.26. The van der Waals surface area contributed by atoms with Crippen LogP contribution in [0.15, 0.2) is 18.2 Å². The summed E-state index contributed by atoms with van der Waals surface area (Å²) in [5.41, 5.74) is 0.585. The Bertz CT molecular complexity index is 488. The van der Waals surface area contributed by atoms with Gasteiger partial charge in [0.2, 0.25) is 0 Å². The van der Waals surface area contributed by atoms with Gasteiger partial charge in [-0.15, -0.1) is 0 Å². The molecule has 1 amide bonds. The van der Waals surface area contributed by atoms with E-state index in [1.807, 2.05) is 0 Å². The van der Waals surface area contributed by atoms with E-state index in [2.05, 4.69) is 29.5 Å². The quantitative estimate of drug-likeness (QED) is 0.838. The van der Waals surface area contributed by atoms with Gasteiger partial charge in [-0.1, -0.05) is 6.07 Å². The van der Waals surface area contributed by atoms with E-state index >= 15 is 0 Å². The highest BCUT2D eigenvalue weighted by Gasteiger charge is 2.29. The number of hydrogen-bond acceptors (Lipinski definition) is 3. The molecule has 2 rings (SSSR count). The van der Waals surface area contributed by atoms with Crippen molar-refractivity contribution < 1.29 is 9.18 Å². The maximum atomic E-state index is 13.6. The van der Waals surface area contributed by atoms with E-state index < -0.39 is 5.82 Å². The van der Waals surface area contributed by atoms with Crippen LogP contribution in [0.3, 0.4) is 0 Å². The summed E-state index contributed by atoms with van der Waals surface area (Å²) >= 11 is 0. The molecular weight excluding hydrogens is 257 g/mol. The predicted molar refractivity (Wildman–Crippen MR) is 78.5 cm³/mol. The maximum absolute atomic E-state index is 13.6. The number of likely N-dealkylation sites (N-methyl/N-ethyl adjacent to an activating group) is 1. The van der Waals surface area contributed by atoms with Crippen molar-refractivity contribution in [1.29, 1.82) is 0 Å². The molecule has 1 saturated carbocycles. The number of carbonyl (C=O) groups is 1. The summed E-state index contributed by atoms with van der Waals surface area (Å²) in [6.07, 6.45) is 2.48. The average molecular weight is 279 g/mol. The number of rotatable bonds is 6. The molecule has 1 fully saturated rings. The minimum absolute atomic E-state index is 0.244. The lowest BCUT2D eigenvalue weighted by atomic mass is 10.1. The number of amides is 1. The predicted octanol–water partition coefficient (Wildman–Crippen LogP) is 2.08. The second-order valence-electron chi connectivity index (χ2n) is 5.37. The van der Waals surface area contributed by atoms with Crippen LogP contribution in [0, 0.1) is 5.82 Å². The van der Waals surface area contributed by atoms with Crippen molar-refractivity contribution in [2.75, 3.05) is 26.0 Å². The number of benzene rings is 1. The molecule has 1 atom stereocenters. The SMILES string of the molecule is CNc1c(F)cccc1C(=O)NCC(C)N(C)C1CC1. The molecule has 0 heterocycles. The molecule has 2 N–H and O–H groups in total. The molecule has 110 valence electrons. The Balaban J connectivity index is 1.96. The molecule has 0 aliphatic heterocycles. The summed E-state index contributed by atoms with van der Waals surface area (Å²) in [5.74, 6) is -0.659. The number of hydrogen-bond donors (Lipinski definition) is 2. The second-order valence-corrected chi connectivity index (χ2v) is 5.37. The lowest BCUT2D eigenvalue weighted by Gasteiger charge is -2.24. The van der Waals surface area contributed by atoms with Crippen LogP contribution in [0.2, 0.25) is 0 Å². The van der Waals surface area contributed by atoms with Gasteiger partial charge in [-0.3, -0.25) is 9.69 Å². The number of carbonyl (C=O) groups excluding carboxylic acids is 1. The van der Waals surface area contributed by atoms with Crippen LogP contribution in [0.1, 0.15) is 30.1 Å². The van der Waals surface area contributed by atoms with Crippen molar-refractivity contribution >= 4 is 11.6 Å². The Hall–Kier alpha value is -1.62. The first kappa shape index (κ1) is 14.8. The molecule has 4 nitrogen and oxygen atoms in total. The number of nitrogens with zero attached hydrogens (tertiary/aromatic N) is 1. The van der Waals surface area contributed by atoms with E-state index in [4.69, 9.17) is 0 Å². The third-order valence-electron chi connectivity index (χ3n) is 3.88. The molecular formula is C15H22FN3O. The van der Waals surface area contributed by atoms with E-state index in [0.29, 0.717) is 18.2 Å². The van der Waals surface area contributed by atoms with Gasteiger partial charge in [0.25, 0.3) is 5.91 Å². The van der Waals surface area contributed by atoms with E-state index in [0.717, 1.165) is 0 Å². The molecule has 1 aromatic rings. The molecule has 5 heteroatoms. The summed E-state index contributed by atoms with van der Waals surface area (Å²) < 4.78 is 13.6. The van der Waals surface area contributed by atoms with Crippen LogP contribution >= 0.6 is 0 Å². The summed E-state index contributed by atoms with van der Waals surface area (Å²) in [7, 11) is 3.69. The van der Waals surface area contributed by atoms with Crippen molar-refractivity contribution in [2.24, 2.45) is 0 Å². The minimum Gasteiger partial charge on any atom is -0.385 e. The first-order valence-corrected chi connectivity index (χ1v) is 7.01. The van der Waals surface area contributed by atoms with Crippen molar-refractivity contribution in [3.63, 3.8) is 0 Å². The molecule has 1 aromatic carbocycles. The zero-order valence-electron chi connectivity index (χ0n) is 12.2. The van der Waals surface area contributed by atoms with Gasteiger partial charge in [0.1, 0.15) is 5.82 Å². The van der Waals surface area contributed by atoms with Crippen LogP contribution in [0.4, 0.5) is 10.1 Å². The van der Waals surface area contributed by atoms with Crippen LogP contribution in [0.5, 0.6) is 0 Å². The molecule has 0 spiro atoms. The Morgan fingerprint density at radius 1 is 1.50 bits per heavy atom. The molecule has 1 unspecified atom stereocenters. The number of para-hydroxylation sites is 1. The van der Waals surface area contributed by atoms with E-state index in [9.17, 15) is 9.18 Å². The van der Waals surface area contributed by atoms with Gasteiger partial charge in [-0.25, -0.2) is 4.39 Å². The highest BCUT2D eigenvalue weighted by atomic mass is 19.1. The van der Waals surface area contributed by atoms with Crippen LogP contribution in [-0.4, -0.2) is 43.5 Å². The summed E-state index contributed by atoms with van der Waals surface area (Å²) in [6.45, 7) is 2.65. The lowest BCUT2D eigenvalue weighted by molar-refractivity contribution is 0.0940. The van der Waals surface area contributed by atoms with Crippen LogP contribution in [0.25, 0.3) is 0 Å². The second kappa shape index (κ2) is 6.22. The first-order chi connectivity index (χ1) is 9.54. The van der Waals surface area contributed by atoms with Gasteiger partial charge in [0, 0.05) is 25.7 Å². The normalized spacial score (nSPS) is 16.1. The summed E-state index contributed by atoms with van der Waals surface area (Å²) in [5, 5.41) is 5.61. The molecule has 0 bridgehead atoms. The highest BCUT2D eigenvalue weighted by molar-refractivity contribution is 5.99. The van der Waals surface area contributed by atoms with Gasteiger partial charge < -0.3 is 10.6 Å². The number of anilines is 1. The number of nitrogens with one attached hydrogen (secondary N) is 2. The van der Waals surface area contributed by atoms with Crippen LogP contribution in [-0.2, 0) is 0 Å². The summed E-state index contributed by atoms with van der Waals surface area (Å²) in [4.78, 5) is 14.4. The largest absolute Gasteiger partial charge is 0.385 e. The smallest absolute Gasteiger partial charge is 0.253 e. The maximum Gasteiger partial charge on any atom is 0.253 e. The Kier molecular flexibility index (Phi) is 4.60. The molecule has 0 saturated heterocycles. The fourth-order valence-electron chi connectivity index (χ4n) is 2.29. The van der Waals surface area contributed by atoms with Crippen LogP contribution < -0.4 is 10.6 Å². The fourth-order valence-corrected chi connectivity index (χ4v) is 2.29. The van der Waals surface area contributed by atoms with Crippen molar-refractivity contribution in [1.82, 2.24) is 10.2 Å². The summed E-state index contributed by atoms with van der Waals surface area (Å²) in [6, 6.07) is 5.44. The third kappa shape index (κ3) is 3.28. The third-order valence-corrected chi connectivity index (χ3v) is 3.88. The molecule has 1 aliphatic rings. The monoisotopic (exact) mass is 279 g/mol. The molecule has 0 radical (unpaired) electrons. The topological polar surface area (TPSA) is 44.4 Å². The molecule has 1 aliphatic carbocycles. The lowest BCUT2D eigenvalue weighted by Crippen LogP contribution is -2.41. The zero-order chi connectivity index (χ0) is 14.7. The van der Waals surface area contributed by atoms with Crippen molar-refractivity contribution in [2.45, 2.75) is 31.8 Å². The Labute approximate surface area is 119 Å². The van der Waals surface area contributed by atoms with Gasteiger partial charge in [0.15, 0.2) is 0 Å². The van der Waals surface area contributed by atoms with E-state index in [-0.39, 0.29) is 17.6 Å². The zero-order valence-corrected chi connectivity index (χ0v) is 12.2. The fraction of sp³-hybridized carbons (Fsp3) is 0.533. The van der Waals surface area contributed by atoms with Gasteiger partial charge in [-0.05, 0) is 38.9 Å². The first-order valence-electron chi connectivity index (χ1n) is 7.01. The molecule has 20 heavy (non-hydrogen) atoms. The van der Waals surface area contributed by atoms with Gasteiger partial charge in [-0.2, -0.15) is 0 Å². The Morgan fingerprint density at radius 3 is 2.80 bits per heavy atom. The average Bonchev–Trinajstić information content (AvgIpc) is 3.27. The standard InChI is InChI=1S/C15H22FN3O/c1-10(19(3)11-7-8-11)9-18-15(20)12-5-4-6-13(16)14(12)17-2/h4-6,10-11,17H,7-9H2,1-3H3,(H,18,20).